The molecule has 0 spiro atoms. The summed E-state index contributed by atoms with van der Waals surface area (Å²) in [4.78, 5) is 26.6. The van der Waals surface area contributed by atoms with Crippen LogP contribution in [0.25, 0.3) is 5.69 Å². The number of amides is 1. The Morgan fingerprint density at radius 1 is 1.09 bits per heavy atom. The number of alkyl halides is 3. The molecule has 0 aliphatic rings. The maximum absolute atomic E-state index is 13.0. The zero-order chi connectivity index (χ0) is 23.5. The SMILES string of the molecule is COc1cn(-c2cccc(C(F)(F)F)c2)nc1C(=O)OC(C)C(=O)N(C)c1ccccc1. The Bertz CT molecular complexity index is 1110. The van der Waals surface area contributed by atoms with Gasteiger partial charge >= 0.3 is 12.1 Å². The minimum absolute atomic E-state index is 0.0107. The van der Waals surface area contributed by atoms with Gasteiger partial charge in [-0.25, -0.2) is 9.48 Å². The van der Waals surface area contributed by atoms with Crippen LogP contribution in [-0.4, -0.2) is 41.9 Å². The molecule has 7 nitrogen and oxygen atoms in total. The summed E-state index contributed by atoms with van der Waals surface area (Å²) >= 11 is 0. The highest BCUT2D eigenvalue weighted by molar-refractivity contribution is 5.98. The Morgan fingerprint density at radius 2 is 1.78 bits per heavy atom. The Morgan fingerprint density at radius 3 is 2.41 bits per heavy atom. The third-order valence-corrected chi connectivity index (χ3v) is 4.64. The molecule has 32 heavy (non-hydrogen) atoms. The van der Waals surface area contributed by atoms with Crippen molar-refractivity contribution in [1.82, 2.24) is 9.78 Å². The smallest absolute Gasteiger partial charge is 0.416 e. The summed E-state index contributed by atoms with van der Waals surface area (Å²) in [5.74, 6) is -1.43. The van der Waals surface area contributed by atoms with Gasteiger partial charge in [0.15, 0.2) is 11.9 Å². The van der Waals surface area contributed by atoms with Gasteiger partial charge in [0.25, 0.3) is 5.91 Å². The van der Waals surface area contributed by atoms with Crippen LogP contribution in [0.3, 0.4) is 0 Å². The van der Waals surface area contributed by atoms with Gasteiger partial charge in [0.2, 0.25) is 5.69 Å². The first-order valence-corrected chi connectivity index (χ1v) is 9.46. The van der Waals surface area contributed by atoms with Crippen LogP contribution in [0.15, 0.2) is 60.8 Å². The number of methoxy groups -OCH3 is 1. The number of rotatable bonds is 6. The number of carbonyl (C=O) groups is 2. The van der Waals surface area contributed by atoms with E-state index in [2.05, 4.69) is 5.10 Å². The molecule has 0 aliphatic carbocycles. The van der Waals surface area contributed by atoms with Gasteiger partial charge in [0.05, 0.1) is 24.6 Å². The molecule has 2 aromatic carbocycles. The van der Waals surface area contributed by atoms with E-state index in [4.69, 9.17) is 9.47 Å². The summed E-state index contributed by atoms with van der Waals surface area (Å²) in [5.41, 5.74) is -0.444. The van der Waals surface area contributed by atoms with Crippen molar-refractivity contribution in [1.29, 1.82) is 0 Å². The largest absolute Gasteiger partial charge is 0.493 e. The molecule has 3 aromatic rings. The predicted molar refractivity (Wildman–Crippen MR) is 110 cm³/mol. The van der Waals surface area contributed by atoms with Crippen molar-refractivity contribution >= 4 is 17.6 Å². The average molecular weight is 447 g/mol. The summed E-state index contributed by atoms with van der Waals surface area (Å²) in [6.07, 6.45) is -4.42. The first kappa shape index (κ1) is 22.9. The van der Waals surface area contributed by atoms with Crippen molar-refractivity contribution < 1.29 is 32.2 Å². The van der Waals surface area contributed by atoms with Gasteiger partial charge in [0, 0.05) is 12.7 Å². The number of halogens is 3. The zero-order valence-corrected chi connectivity index (χ0v) is 17.5. The number of likely N-dealkylation sites (N-methyl/N-ethyl adjacent to an activating group) is 1. The highest BCUT2D eigenvalue weighted by Gasteiger charge is 2.31. The quantitative estimate of drug-likeness (QED) is 0.532. The highest BCUT2D eigenvalue weighted by atomic mass is 19.4. The summed E-state index contributed by atoms with van der Waals surface area (Å²) in [6, 6.07) is 13.2. The third kappa shape index (κ3) is 4.90. The molecule has 10 heteroatoms. The number of para-hydroxylation sites is 1. The second-order valence-corrected chi connectivity index (χ2v) is 6.82. The van der Waals surface area contributed by atoms with Crippen LogP contribution in [0.1, 0.15) is 23.0 Å². The minimum atomic E-state index is -4.53. The molecule has 3 rings (SSSR count). The second kappa shape index (κ2) is 9.13. The molecule has 1 amide bonds. The number of hydrogen-bond donors (Lipinski definition) is 0. The van der Waals surface area contributed by atoms with Crippen LogP contribution in [0.4, 0.5) is 18.9 Å². The van der Waals surface area contributed by atoms with E-state index in [9.17, 15) is 22.8 Å². The normalized spacial score (nSPS) is 12.2. The van der Waals surface area contributed by atoms with E-state index in [0.717, 1.165) is 16.8 Å². The maximum Gasteiger partial charge on any atom is 0.416 e. The first-order chi connectivity index (χ1) is 15.1. The second-order valence-electron chi connectivity index (χ2n) is 6.82. The van der Waals surface area contributed by atoms with Gasteiger partial charge in [-0.05, 0) is 37.3 Å². The maximum atomic E-state index is 13.0. The van der Waals surface area contributed by atoms with E-state index in [-0.39, 0.29) is 17.1 Å². The molecule has 0 aliphatic heterocycles. The molecule has 1 atom stereocenters. The fraction of sp³-hybridized carbons (Fsp3) is 0.227. The summed E-state index contributed by atoms with van der Waals surface area (Å²) in [7, 11) is 2.83. The highest BCUT2D eigenvalue weighted by Crippen LogP contribution is 2.31. The standard InChI is InChI=1S/C22H20F3N3O4/c1-14(20(29)27(2)16-9-5-4-6-10-16)32-21(30)19-18(31-3)13-28(26-19)17-11-7-8-15(12-17)22(23,24)25/h4-14H,1-3H3. The Kier molecular flexibility index (Phi) is 6.52. The van der Waals surface area contributed by atoms with Crippen LogP contribution in [0.5, 0.6) is 5.75 Å². The van der Waals surface area contributed by atoms with E-state index in [0.29, 0.717) is 5.69 Å². The molecule has 0 bridgehead atoms. The van der Waals surface area contributed by atoms with Crippen molar-refractivity contribution in [2.75, 3.05) is 19.1 Å². The number of hydrogen-bond acceptors (Lipinski definition) is 5. The van der Waals surface area contributed by atoms with E-state index < -0.39 is 29.7 Å². The third-order valence-electron chi connectivity index (χ3n) is 4.64. The summed E-state index contributed by atoms with van der Waals surface area (Å²) in [5, 5.41) is 4.01. The first-order valence-electron chi connectivity index (χ1n) is 9.46. The predicted octanol–water partition coefficient (Wildman–Crippen LogP) is 4.11. The molecule has 0 saturated heterocycles. The monoisotopic (exact) mass is 447 g/mol. The fourth-order valence-corrected chi connectivity index (χ4v) is 2.92. The van der Waals surface area contributed by atoms with Gasteiger partial charge in [-0.15, -0.1) is 0 Å². The van der Waals surface area contributed by atoms with Crippen LogP contribution >= 0.6 is 0 Å². The number of carbonyl (C=O) groups excluding carboxylic acids is 2. The summed E-state index contributed by atoms with van der Waals surface area (Å²) < 4.78 is 50.5. The Balaban J connectivity index is 1.80. The molecule has 1 heterocycles. The van der Waals surface area contributed by atoms with Gasteiger partial charge in [-0.2, -0.15) is 18.3 Å². The molecular weight excluding hydrogens is 427 g/mol. The number of nitrogens with zero attached hydrogens (tertiary/aromatic N) is 3. The van der Waals surface area contributed by atoms with Crippen LogP contribution < -0.4 is 9.64 Å². The lowest BCUT2D eigenvalue weighted by Crippen LogP contribution is -2.37. The van der Waals surface area contributed by atoms with Gasteiger partial charge in [0.1, 0.15) is 0 Å². The number of ether oxygens (including phenoxy) is 2. The van der Waals surface area contributed by atoms with E-state index in [1.165, 1.54) is 37.3 Å². The number of anilines is 1. The Labute approximate surface area is 182 Å². The van der Waals surface area contributed by atoms with Gasteiger partial charge < -0.3 is 14.4 Å². The molecular formula is C22H20F3N3O4. The van der Waals surface area contributed by atoms with Crippen LogP contribution in [0, 0.1) is 0 Å². The molecule has 168 valence electrons. The minimum Gasteiger partial charge on any atom is -0.493 e. The molecule has 0 saturated carbocycles. The number of esters is 1. The van der Waals surface area contributed by atoms with Crippen molar-refractivity contribution in [3.05, 3.63) is 72.1 Å². The fourth-order valence-electron chi connectivity index (χ4n) is 2.92. The van der Waals surface area contributed by atoms with Crippen molar-refractivity contribution in [3.63, 3.8) is 0 Å². The van der Waals surface area contributed by atoms with Gasteiger partial charge in [-0.1, -0.05) is 24.3 Å². The lowest BCUT2D eigenvalue weighted by Gasteiger charge is -2.21. The molecule has 0 fully saturated rings. The topological polar surface area (TPSA) is 73.7 Å². The number of benzene rings is 2. The molecule has 0 N–H and O–H groups in total. The molecule has 1 unspecified atom stereocenters. The van der Waals surface area contributed by atoms with Crippen LogP contribution in [-0.2, 0) is 15.7 Å². The lowest BCUT2D eigenvalue weighted by atomic mass is 10.2. The Hall–Kier alpha value is -3.82. The van der Waals surface area contributed by atoms with E-state index in [1.54, 1.807) is 37.4 Å². The zero-order valence-electron chi connectivity index (χ0n) is 17.5. The number of aromatic nitrogens is 2. The van der Waals surface area contributed by atoms with Crippen molar-refractivity contribution in [3.8, 4) is 11.4 Å². The van der Waals surface area contributed by atoms with Gasteiger partial charge in [-0.3, -0.25) is 4.79 Å². The summed E-state index contributed by atoms with van der Waals surface area (Å²) in [6.45, 7) is 1.41. The van der Waals surface area contributed by atoms with Crippen LogP contribution in [0.2, 0.25) is 0 Å². The lowest BCUT2D eigenvalue weighted by molar-refractivity contribution is -0.137. The average Bonchev–Trinajstić information content (AvgIpc) is 3.23. The molecule has 1 aromatic heterocycles. The van der Waals surface area contributed by atoms with Crippen molar-refractivity contribution in [2.45, 2.75) is 19.2 Å². The molecule has 0 radical (unpaired) electrons. The van der Waals surface area contributed by atoms with E-state index >= 15 is 0 Å². The van der Waals surface area contributed by atoms with E-state index in [1.807, 2.05) is 0 Å². The van der Waals surface area contributed by atoms with Crippen molar-refractivity contribution in [2.24, 2.45) is 0 Å².